The number of nitrogens with one attached hydrogen (secondary N) is 2. The average molecular weight is 1280 g/mol. The van der Waals surface area contributed by atoms with Crippen LogP contribution in [-0.4, -0.2) is 88.0 Å². The van der Waals surface area contributed by atoms with Gasteiger partial charge in [-0.25, -0.2) is 28.8 Å². The van der Waals surface area contributed by atoms with Gasteiger partial charge in [0.05, 0.1) is 50.7 Å². The average Bonchev–Trinajstić information content (AvgIpc) is 0.990. The van der Waals surface area contributed by atoms with Crippen LogP contribution in [0.15, 0.2) is 182 Å². The van der Waals surface area contributed by atoms with E-state index in [1.165, 1.54) is 47.5 Å². The Kier molecular flexibility index (Phi) is 24.1. The number of esters is 5. The highest BCUT2D eigenvalue weighted by atomic mass is 16.6. The van der Waals surface area contributed by atoms with Crippen LogP contribution >= 0.6 is 0 Å². The second-order valence-corrected chi connectivity index (χ2v) is 22.3. The number of carbonyl (C=O) groups is 7. The molecule has 0 bridgehead atoms. The number of alkyl carbamates (subject to hydrolysis) is 1. The van der Waals surface area contributed by atoms with E-state index in [0.717, 1.165) is 27.8 Å². The highest BCUT2D eigenvalue weighted by Crippen LogP contribution is 2.33. The molecule has 0 fully saturated rings. The Morgan fingerprint density at radius 3 is 0.968 bits per heavy atom. The van der Waals surface area contributed by atoms with Crippen molar-refractivity contribution in [3.63, 3.8) is 0 Å². The van der Waals surface area contributed by atoms with Gasteiger partial charge in [-0.3, -0.25) is 4.79 Å². The number of methoxy groups -OCH3 is 4. The van der Waals surface area contributed by atoms with Crippen molar-refractivity contribution in [3.05, 3.63) is 243 Å². The number of hydrogen-bond donors (Lipinski definition) is 2. The van der Waals surface area contributed by atoms with Crippen LogP contribution in [-0.2, 0) is 79.3 Å². The van der Waals surface area contributed by atoms with E-state index >= 15 is 0 Å². The van der Waals surface area contributed by atoms with E-state index in [9.17, 15) is 33.6 Å². The van der Waals surface area contributed by atoms with E-state index in [1.807, 2.05) is 6.07 Å². The fraction of sp³-hybridized carbons (Fsp3) is 0.247. The lowest BCUT2D eigenvalue weighted by atomic mass is 10.1. The Morgan fingerprint density at radius 2 is 0.660 bits per heavy atom. The lowest BCUT2D eigenvalue weighted by Crippen LogP contribution is -2.53. The summed E-state index contributed by atoms with van der Waals surface area (Å²) in [5, 5.41) is 5.32. The number of amides is 2. The Labute approximate surface area is 544 Å². The summed E-state index contributed by atoms with van der Waals surface area (Å²) in [5.41, 5.74) is 5.60. The van der Waals surface area contributed by atoms with Crippen molar-refractivity contribution in [2.45, 2.75) is 91.4 Å². The van der Waals surface area contributed by atoms with Gasteiger partial charge in [0.2, 0.25) is 5.91 Å². The summed E-state index contributed by atoms with van der Waals surface area (Å²) in [6.45, 7) is 6.80. The molecule has 8 aromatic rings. The minimum absolute atomic E-state index is 0.0265. The predicted octanol–water partition coefficient (Wildman–Crippen LogP) is 11.9. The standard InChI is InChI=1S/C73H72N2O19/c1-46(74-66(76)65(34-47-12-10-9-11-13-47)75-72(82)94-73(2,3)4)67(77)93-64-38-62(91-44-52-30-58(87-40-48-14-22-54(23-15-48)68(78)83-5)35-59(31-52)88-41-49-16-24-55(25-17-49)69(79)84-6)37-63(39-64)92-45-53-32-60(89-42-50-18-26-56(27-19-50)70(80)85-7)36-61(33-53)90-43-51-20-28-57(29-21-51)71(81)86-8/h9-33,35-39,46,65H,34,40-45H2,1-8H3,(H,74,76)(H,75,82). The number of rotatable bonds is 29. The number of ether oxygens (including phenoxy) is 12. The van der Waals surface area contributed by atoms with E-state index in [-0.39, 0.29) is 63.3 Å². The van der Waals surface area contributed by atoms with Crippen LogP contribution in [0.25, 0.3) is 0 Å². The van der Waals surface area contributed by atoms with Crippen molar-refractivity contribution < 1.29 is 90.4 Å². The molecule has 0 aliphatic rings. The molecule has 488 valence electrons. The lowest BCUT2D eigenvalue weighted by molar-refractivity contribution is -0.139. The van der Waals surface area contributed by atoms with Crippen LogP contribution in [0.1, 0.15) is 108 Å². The third kappa shape index (κ3) is 21.1. The molecule has 2 N–H and O–H groups in total. The highest BCUT2D eigenvalue weighted by Gasteiger charge is 2.28. The molecule has 2 atom stereocenters. The molecule has 0 aromatic heterocycles. The SMILES string of the molecule is COC(=O)c1ccc(COc2cc(COc3cc(OCc4cc(OCc5ccc(C(=O)OC)cc5)cc(OCc5ccc(C(=O)OC)cc5)c4)cc(OC(=O)C(C)NC(=O)C(Cc4ccccc4)NC(=O)OC(C)(C)C)c3)cc(OCc3ccc(C(=O)OC)cc3)c2)cc1. The highest BCUT2D eigenvalue weighted by molar-refractivity contribution is 5.92. The van der Waals surface area contributed by atoms with Gasteiger partial charge in [-0.2, -0.15) is 0 Å². The summed E-state index contributed by atoms with van der Waals surface area (Å²) >= 11 is 0. The molecule has 0 aliphatic carbocycles. The Balaban J connectivity index is 1.07. The van der Waals surface area contributed by atoms with E-state index in [1.54, 1.807) is 185 Å². The minimum Gasteiger partial charge on any atom is -0.489 e. The van der Waals surface area contributed by atoms with Gasteiger partial charge in [-0.15, -0.1) is 0 Å². The van der Waals surface area contributed by atoms with Crippen LogP contribution < -0.4 is 43.8 Å². The third-order valence-electron chi connectivity index (χ3n) is 13.9. The number of carbonyl (C=O) groups excluding carboxylic acids is 7. The van der Waals surface area contributed by atoms with Gasteiger partial charge in [0.15, 0.2) is 0 Å². The quantitative estimate of drug-likeness (QED) is 0.0251. The van der Waals surface area contributed by atoms with E-state index in [4.69, 9.17) is 56.8 Å². The largest absolute Gasteiger partial charge is 0.489 e. The molecule has 0 saturated heterocycles. The van der Waals surface area contributed by atoms with Gasteiger partial charge in [-0.05, 0) is 139 Å². The smallest absolute Gasteiger partial charge is 0.408 e. The summed E-state index contributed by atoms with van der Waals surface area (Å²) in [4.78, 5) is 89.6. The van der Waals surface area contributed by atoms with Crippen molar-refractivity contribution in [3.8, 4) is 40.2 Å². The van der Waals surface area contributed by atoms with Crippen LogP contribution in [0.5, 0.6) is 40.2 Å². The third-order valence-corrected chi connectivity index (χ3v) is 13.9. The zero-order valence-corrected chi connectivity index (χ0v) is 53.2. The van der Waals surface area contributed by atoms with Gasteiger partial charge in [0, 0.05) is 36.8 Å². The Hall–Kier alpha value is -11.4. The first-order valence-electron chi connectivity index (χ1n) is 29.7. The zero-order valence-electron chi connectivity index (χ0n) is 53.2. The maximum Gasteiger partial charge on any atom is 0.408 e. The molecule has 21 heteroatoms. The molecule has 21 nitrogen and oxygen atoms in total. The molecule has 8 aromatic carbocycles. The summed E-state index contributed by atoms with van der Waals surface area (Å²) in [5.74, 6) is -1.47. The van der Waals surface area contributed by atoms with Crippen molar-refractivity contribution in [2.24, 2.45) is 0 Å². The Bertz CT molecular complexity index is 3550. The molecular weight excluding hydrogens is 1210 g/mol. The van der Waals surface area contributed by atoms with Crippen molar-refractivity contribution >= 4 is 41.8 Å². The molecule has 0 spiro atoms. The zero-order chi connectivity index (χ0) is 67.2. The molecule has 8 rings (SSSR count). The molecule has 0 saturated carbocycles. The number of benzene rings is 8. The van der Waals surface area contributed by atoms with E-state index < -0.39 is 59.5 Å². The first-order chi connectivity index (χ1) is 45.2. The van der Waals surface area contributed by atoms with Gasteiger partial charge in [0.25, 0.3) is 0 Å². The summed E-state index contributed by atoms with van der Waals surface area (Å²) < 4.78 is 69.0. The van der Waals surface area contributed by atoms with Crippen LogP contribution in [0.2, 0.25) is 0 Å². The topological polar surface area (TPSA) is 254 Å². The summed E-state index contributed by atoms with van der Waals surface area (Å²) in [7, 11) is 5.23. The lowest BCUT2D eigenvalue weighted by Gasteiger charge is -2.24. The number of hydrogen-bond acceptors (Lipinski definition) is 19. The molecule has 0 aliphatic heterocycles. The second kappa shape index (κ2) is 33.1. The first-order valence-corrected chi connectivity index (χ1v) is 29.7. The van der Waals surface area contributed by atoms with Gasteiger partial charge in [-0.1, -0.05) is 78.9 Å². The molecule has 2 unspecified atom stereocenters. The molecular formula is C73H72N2O19. The van der Waals surface area contributed by atoms with Crippen molar-refractivity contribution in [1.29, 1.82) is 0 Å². The van der Waals surface area contributed by atoms with Gasteiger partial charge < -0.3 is 67.5 Å². The predicted molar refractivity (Wildman–Crippen MR) is 343 cm³/mol. The normalized spacial score (nSPS) is 11.5. The van der Waals surface area contributed by atoms with E-state index in [0.29, 0.717) is 56.4 Å². The molecule has 0 heterocycles. The maximum absolute atomic E-state index is 14.1. The first kappa shape index (κ1) is 68.6. The van der Waals surface area contributed by atoms with Crippen LogP contribution in [0.4, 0.5) is 4.79 Å². The van der Waals surface area contributed by atoms with Crippen molar-refractivity contribution in [2.75, 3.05) is 28.4 Å². The summed E-state index contributed by atoms with van der Waals surface area (Å²) in [6, 6.07) is 48.8. The van der Waals surface area contributed by atoms with Gasteiger partial charge >= 0.3 is 35.9 Å². The molecule has 94 heavy (non-hydrogen) atoms. The minimum atomic E-state index is -1.25. The fourth-order valence-electron chi connectivity index (χ4n) is 9.04. The van der Waals surface area contributed by atoms with Crippen LogP contribution in [0.3, 0.4) is 0 Å². The Morgan fingerprint density at radius 1 is 0.362 bits per heavy atom. The van der Waals surface area contributed by atoms with Crippen LogP contribution in [0, 0.1) is 0 Å². The summed E-state index contributed by atoms with van der Waals surface area (Å²) in [6.07, 6.45) is -0.745. The van der Waals surface area contributed by atoms with Crippen molar-refractivity contribution in [1.82, 2.24) is 10.6 Å². The van der Waals surface area contributed by atoms with Gasteiger partial charge in [0.1, 0.15) is 97.6 Å². The fourth-order valence-corrected chi connectivity index (χ4v) is 9.04. The van der Waals surface area contributed by atoms with E-state index in [2.05, 4.69) is 10.6 Å². The molecule has 0 radical (unpaired) electrons. The second-order valence-electron chi connectivity index (χ2n) is 22.3. The molecule has 2 amide bonds. The monoisotopic (exact) mass is 1280 g/mol. The maximum atomic E-state index is 14.1.